The maximum atomic E-state index is 13.4. The molecule has 3 N–H and O–H groups in total. The summed E-state index contributed by atoms with van der Waals surface area (Å²) < 4.78 is 33.0. The molecule has 9 nitrogen and oxygen atoms in total. The summed E-state index contributed by atoms with van der Waals surface area (Å²) in [5.41, 5.74) is -1.34. The highest BCUT2D eigenvalue weighted by molar-refractivity contribution is 5.97. The van der Waals surface area contributed by atoms with Crippen LogP contribution in [0.1, 0.15) is 45.3 Å². The number of esters is 1. The van der Waals surface area contributed by atoms with E-state index in [2.05, 4.69) is 15.6 Å². The van der Waals surface area contributed by atoms with E-state index in [9.17, 15) is 28.3 Å². The smallest absolute Gasteiger partial charge is 0.331 e. The molecule has 1 aromatic carbocycles. The van der Waals surface area contributed by atoms with Gasteiger partial charge in [-0.05, 0) is 38.0 Å². The number of hydrogen-bond acceptors (Lipinski definition) is 6. The average molecular weight is 452 g/mol. The number of amides is 2. The van der Waals surface area contributed by atoms with E-state index in [4.69, 9.17) is 4.74 Å². The molecule has 2 rings (SSSR count). The highest BCUT2D eigenvalue weighted by atomic mass is 19.1. The molecular weight excluding hydrogens is 426 g/mol. The van der Waals surface area contributed by atoms with Crippen LogP contribution in [0, 0.1) is 11.6 Å². The fraction of sp³-hybridized carbons (Fsp3) is 0.429. The minimum atomic E-state index is -1.87. The zero-order valence-electron chi connectivity index (χ0n) is 18.2. The number of aromatic nitrogens is 2. The number of methoxy groups -OCH3 is 1. The van der Waals surface area contributed by atoms with Crippen LogP contribution in [-0.2, 0) is 24.7 Å². The van der Waals surface area contributed by atoms with Gasteiger partial charge in [-0.1, -0.05) is 13.3 Å². The lowest BCUT2D eigenvalue weighted by Crippen LogP contribution is -2.45. The number of benzene rings is 1. The fourth-order valence-corrected chi connectivity index (χ4v) is 2.95. The number of aliphatic hydroxyl groups is 1. The predicted molar refractivity (Wildman–Crippen MR) is 110 cm³/mol. The van der Waals surface area contributed by atoms with Crippen molar-refractivity contribution in [1.29, 1.82) is 0 Å². The van der Waals surface area contributed by atoms with Crippen molar-refractivity contribution >= 4 is 23.6 Å². The number of imidazole rings is 1. The minimum Gasteiger partial charge on any atom is -0.467 e. The van der Waals surface area contributed by atoms with Crippen LogP contribution < -0.4 is 10.6 Å². The number of ether oxygens (including phenoxy) is 1. The van der Waals surface area contributed by atoms with Gasteiger partial charge in [-0.25, -0.2) is 18.6 Å². The first-order chi connectivity index (χ1) is 15.0. The predicted octanol–water partition coefficient (Wildman–Crippen LogP) is 2.03. The van der Waals surface area contributed by atoms with Gasteiger partial charge in [0.2, 0.25) is 5.91 Å². The number of rotatable bonds is 9. The third-order valence-corrected chi connectivity index (χ3v) is 4.82. The maximum absolute atomic E-state index is 13.4. The first-order valence-electron chi connectivity index (χ1n) is 9.87. The Kier molecular flexibility index (Phi) is 8.03. The van der Waals surface area contributed by atoms with Crippen molar-refractivity contribution in [1.82, 2.24) is 14.9 Å². The van der Waals surface area contributed by atoms with E-state index in [0.29, 0.717) is 12.5 Å². The molecule has 32 heavy (non-hydrogen) atoms. The molecule has 2 unspecified atom stereocenters. The number of aliphatic hydroxyl groups excluding tert-OH is 1. The van der Waals surface area contributed by atoms with Gasteiger partial charge >= 0.3 is 5.97 Å². The van der Waals surface area contributed by atoms with Crippen molar-refractivity contribution in [3.63, 3.8) is 0 Å². The molecule has 0 radical (unpaired) electrons. The van der Waals surface area contributed by atoms with Gasteiger partial charge < -0.3 is 25.0 Å². The molecule has 0 aliphatic carbocycles. The van der Waals surface area contributed by atoms with Gasteiger partial charge in [0.1, 0.15) is 23.2 Å². The van der Waals surface area contributed by atoms with Gasteiger partial charge in [0, 0.05) is 12.3 Å². The Morgan fingerprint density at radius 1 is 1.19 bits per heavy atom. The second-order valence-electron chi connectivity index (χ2n) is 7.66. The molecule has 2 amide bonds. The fourth-order valence-electron chi connectivity index (χ4n) is 2.95. The number of hydrogen-bond donors (Lipinski definition) is 3. The molecule has 0 saturated heterocycles. The largest absolute Gasteiger partial charge is 0.467 e. The van der Waals surface area contributed by atoms with Crippen LogP contribution >= 0.6 is 0 Å². The van der Waals surface area contributed by atoms with E-state index in [1.54, 1.807) is 20.8 Å². The van der Waals surface area contributed by atoms with Crippen molar-refractivity contribution in [3.8, 4) is 0 Å². The van der Waals surface area contributed by atoms with Crippen LogP contribution in [-0.4, -0.2) is 45.6 Å². The molecule has 0 fully saturated rings. The summed E-state index contributed by atoms with van der Waals surface area (Å²) in [6.45, 7) is 5.02. The number of halogens is 2. The van der Waals surface area contributed by atoms with Crippen LogP contribution in [0.5, 0.6) is 0 Å². The van der Waals surface area contributed by atoms with E-state index in [-0.39, 0.29) is 17.8 Å². The normalized spacial score (nSPS) is 13.2. The zero-order chi connectivity index (χ0) is 24.1. The Labute approximate surface area is 183 Å². The van der Waals surface area contributed by atoms with Crippen LogP contribution in [0.15, 0.2) is 30.7 Å². The van der Waals surface area contributed by atoms with Gasteiger partial charge in [-0.15, -0.1) is 0 Å². The molecule has 0 saturated carbocycles. The quantitative estimate of drug-likeness (QED) is 0.501. The van der Waals surface area contributed by atoms with Crippen molar-refractivity contribution in [3.05, 3.63) is 47.9 Å². The number of nitrogens with one attached hydrogen (secondary N) is 2. The Morgan fingerprint density at radius 3 is 2.38 bits per heavy atom. The number of carbonyl (C=O) groups is 3. The summed E-state index contributed by atoms with van der Waals surface area (Å²) >= 11 is 0. The maximum Gasteiger partial charge on any atom is 0.331 e. The van der Waals surface area contributed by atoms with Crippen molar-refractivity contribution < 1.29 is 33.0 Å². The summed E-state index contributed by atoms with van der Waals surface area (Å²) in [7, 11) is 1.26. The topological polar surface area (TPSA) is 123 Å². The van der Waals surface area contributed by atoms with Gasteiger partial charge in [-0.2, -0.15) is 0 Å². The number of carbonyl (C=O) groups excluding carboxylic acids is 3. The molecule has 2 atom stereocenters. The van der Waals surface area contributed by atoms with Crippen molar-refractivity contribution in [2.45, 2.75) is 51.3 Å². The Morgan fingerprint density at radius 2 is 1.81 bits per heavy atom. The van der Waals surface area contributed by atoms with Gasteiger partial charge in [0.05, 0.1) is 13.4 Å². The van der Waals surface area contributed by atoms with Crippen LogP contribution in [0.4, 0.5) is 14.6 Å². The SMILES string of the molecule is CCCC(NC(=O)C(O)c1cc(F)cc(F)c1)C(=O)Nc1cn(C(C)(C)C(=O)OC)cn1. The lowest BCUT2D eigenvalue weighted by Gasteiger charge is -2.22. The van der Waals surface area contributed by atoms with Crippen LogP contribution in [0.25, 0.3) is 0 Å². The molecule has 1 aromatic heterocycles. The molecule has 0 aliphatic heterocycles. The summed E-state index contributed by atoms with van der Waals surface area (Å²) in [5.74, 6) is -3.86. The minimum absolute atomic E-state index is 0.134. The summed E-state index contributed by atoms with van der Waals surface area (Å²) in [6, 6.07) is 1.23. The van der Waals surface area contributed by atoms with E-state index in [1.807, 2.05) is 0 Å². The highest BCUT2D eigenvalue weighted by Crippen LogP contribution is 2.20. The third-order valence-electron chi connectivity index (χ3n) is 4.82. The van der Waals surface area contributed by atoms with Crippen molar-refractivity contribution in [2.75, 3.05) is 12.4 Å². The molecule has 0 bridgehead atoms. The van der Waals surface area contributed by atoms with Crippen LogP contribution in [0.3, 0.4) is 0 Å². The lowest BCUT2D eigenvalue weighted by molar-refractivity contribution is -0.149. The average Bonchev–Trinajstić information content (AvgIpc) is 3.20. The summed E-state index contributed by atoms with van der Waals surface area (Å²) in [5, 5.41) is 15.1. The molecule has 0 aliphatic rings. The zero-order valence-corrected chi connectivity index (χ0v) is 18.2. The summed E-state index contributed by atoms with van der Waals surface area (Å²) in [4.78, 5) is 41.0. The van der Waals surface area contributed by atoms with E-state index < -0.39 is 47.1 Å². The van der Waals surface area contributed by atoms with Gasteiger partial charge in [0.15, 0.2) is 11.9 Å². The highest BCUT2D eigenvalue weighted by Gasteiger charge is 2.31. The third kappa shape index (κ3) is 5.88. The van der Waals surface area contributed by atoms with E-state index >= 15 is 0 Å². The summed E-state index contributed by atoms with van der Waals surface area (Å²) in [6.07, 6.45) is 1.67. The van der Waals surface area contributed by atoms with E-state index in [1.165, 1.54) is 24.2 Å². The molecule has 2 aromatic rings. The number of anilines is 1. The second kappa shape index (κ2) is 10.3. The Hall–Kier alpha value is -3.34. The molecular formula is C21H26F2N4O5. The Bertz CT molecular complexity index is 972. The molecule has 0 spiro atoms. The first kappa shape index (κ1) is 24.9. The van der Waals surface area contributed by atoms with Gasteiger partial charge in [0.25, 0.3) is 5.91 Å². The van der Waals surface area contributed by atoms with Crippen molar-refractivity contribution in [2.24, 2.45) is 0 Å². The standard InChI is InChI=1S/C21H26F2N4O5/c1-5-6-15(25-19(30)17(28)12-7-13(22)9-14(23)8-12)18(29)26-16-10-27(11-24-16)21(2,3)20(31)32-4/h7-11,15,17,28H,5-6H2,1-4H3,(H,25,30)(H,26,29). The van der Waals surface area contributed by atoms with E-state index in [0.717, 1.165) is 12.1 Å². The monoisotopic (exact) mass is 452 g/mol. The molecule has 1 heterocycles. The van der Waals surface area contributed by atoms with Gasteiger partial charge in [-0.3, -0.25) is 9.59 Å². The van der Waals surface area contributed by atoms with Crippen LogP contribution in [0.2, 0.25) is 0 Å². The first-order valence-corrected chi connectivity index (χ1v) is 9.87. The number of nitrogens with zero attached hydrogens (tertiary/aromatic N) is 2. The molecule has 11 heteroatoms. The second-order valence-corrected chi connectivity index (χ2v) is 7.66. The molecule has 174 valence electrons. The lowest BCUT2D eigenvalue weighted by atomic mass is 10.1. The Balaban J connectivity index is 2.11.